The van der Waals surface area contributed by atoms with E-state index >= 15 is 0 Å². The minimum Gasteiger partial charge on any atom is -0.494 e. The van der Waals surface area contributed by atoms with Crippen molar-refractivity contribution in [2.75, 3.05) is 64.0 Å². The summed E-state index contributed by atoms with van der Waals surface area (Å²) in [7, 11) is 4.69. The van der Waals surface area contributed by atoms with Gasteiger partial charge in [-0.25, -0.2) is 9.97 Å². The standard InChI is InChI=1S/C34H42N7O5P/c1-7-32(42)36-26-17-27(30(44-4)18-29(26)40(3)20-23-11-10-16-39(23)2)37-34-35-19-31(47(43,45-5)46-6)33(38-34)25-21-41(22-14-15-22)28-13-9-8-12-24(25)28/h7-9,12-13,17-19,21-23H,1,10-11,14-16,20H2,2-6H3,(H,36,42)(H,35,37,38). The molecule has 13 heteroatoms. The molecule has 1 aliphatic carbocycles. The molecule has 3 heterocycles. The van der Waals surface area contributed by atoms with E-state index in [1.165, 1.54) is 26.5 Å². The van der Waals surface area contributed by atoms with E-state index < -0.39 is 7.60 Å². The fourth-order valence-corrected chi connectivity index (χ4v) is 7.51. The van der Waals surface area contributed by atoms with Crippen molar-refractivity contribution in [1.29, 1.82) is 0 Å². The second-order valence-corrected chi connectivity index (χ2v) is 14.2. The molecule has 1 unspecified atom stereocenters. The van der Waals surface area contributed by atoms with Crippen molar-refractivity contribution >= 4 is 52.7 Å². The SMILES string of the molecule is C=CC(=O)Nc1cc(Nc2ncc(P(=O)(OC)OC)c(-c3cn(C4CC4)c4ccccc34)n2)c(OC)cc1N(C)CC1CCCN1C. The number of methoxy groups -OCH3 is 1. The number of fused-ring (bicyclic) bond motifs is 1. The zero-order chi connectivity index (χ0) is 33.3. The molecule has 47 heavy (non-hydrogen) atoms. The largest absolute Gasteiger partial charge is 0.494 e. The van der Waals surface area contributed by atoms with E-state index in [-0.39, 0.29) is 17.2 Å². The van der Waals surface area contributed by atoms with Gasteiger partial charge in [0.05, 0.1) is 29.9 Å². The van der Waals surface area contributed by atoms with Crippen LogP contribution in [-0.2, 0) is 18.4 Å². The molecule has 1 saturated carbocycles. The number of para-hydroxylation sites is 1. The predicted octanol–water partition coefficient (Wildman–Crippen LogP) is 5.95. The van der Waals surface area contributed by atoms with Crippen molar-refractivity contribution in [3.63, 3.8) is 0 Å². The van der Waals surface area contributed by atoms with Crippen LogP contribution in [0.5, 0.6) is 5.75 Å². The zero-order valence-corrected chi connectivity index (χ0v) is 28.4. The molecule has 12 nitrogen and oxygen atoms in total. The summed E-state index contributed by atoms with van der Waals surface area (Å²) in [6.07, 6.45) is 9.25. The van der Waals surface area contributed by atoms with Crippen LogP contribution in [-0.4, -0.2) is 79.9 Å². The molecule has 6 rings (SSSR count). The van der Waals surface area contributed by atoms with Crippen LogP contribution in [0.1, 0.15) is 31.7 Å². The van der Waals surface area contributed by atoms with E-state index in [4.69, 9.17) is 18.8 Å². The number of carbonyl (C=O) groups excluding carboxylic acids is 1. The highest BCUT2D eigenvalue weighted by atomic mass is 31.2. The first-order valence-corrected chi connectivity index (χ1v) is 17.3. The lowest BCUT2D eigenvalue weighted by molar-refractivity contribution is -0.111. The van der Waals surface area contributed by atoms with E-state index in [0.29, 0.717) is 34.9 Å². The monoisotopic (exact) mass is 659 g/mol. The molecule has 2 N–H and O–H groups in total. The van der Waals surface area contributed by atoms with Gasteiger partial charge in [-0.05, 0) is 57.5 Å². The highest BCUT2D eigenvalue weighted by molar-refractivity contribution is 7.62. The summed E-state index contributed by atoms with van der Waals surface area (Å²) in [5.74, 6) is 0.430. The number of nitrogens with one attached hydrogen (secondary N) is 2. The molecule has 2 aromatic heterocycles. The van der Waals surface area contributed by atoms with Crippen LogP contribution in [0.25, 0.3) is 22.2 Å². The maximum atomic E-state index is 13.8. The Kier molecular flexibility index (Phi) is 9.39. The normalized spacial score (nSPS) is 16.7. The Morgan fingerprint density at radius 3 is 2.57 bits per heavy atom. The third kappa shape index (κ3) is 6.51. The van der Waals surface area contributed by atoms with E-state index in [9.17, 15) is 9.36 Å². The molecule has 0 spiro atoms. The summed E-state index contributed by atoms with van der Waals surface area (Å²) >= 11 is 0. The van der Waals surface area contributed by atoms with Crippen LogP contribution < -0.4 is 25.6 Å². The van der Waals surface area contributed by atoms with Crippen LogP contribution in [0.3, 0.4) is 0 Å². The highest BCUT2D eigenvalue weighted by Gasteiger charge is 2.33. The number of nitrogens with zero attached hydrogens (tertiary/aromatic N) is 5. The first kappa shape index (κ1) is 32.7. The van der Waals surface area contributed by atoms with E-state index in [1.54, 1.807) is 13.2 Å². The summed E-state index contributed by atoms with van der Waals surface area (Å²) < 4.78 is 32.7. The smallest absolute Gasteiger partial charge is 0.364 e. The number of rotatable bonds is 13. The first-order valence-electron chi connectivity index (χ1n) is 15.7. The molecule has 1 atom stereocenters. The van der Waals surface area contributed by atoms with Crippen LogP contribution in [0.15, 0.2) is 61.4 Å². The molecule has 2 fully saturated rings. The van der Waals surface area contributed by atoms with Gasteiger partial charge in [-0.15, -0.1) is 0 Å². The molecule has 1 aliphatic heterocycles. The average Bonchev–Trinajstić information content (AvgIpc) is 3.75. The summed E-state index contributed by atoms with van der Waals surface area (Å²) in [5.41, 5.74) is 4.20. The summed E-state index contributed by atoms with van der Waals surface area (Å²) in [6.45, 7) is 5.48. The number of amides is 1. The molecular formula is C34H42N7O5P. The highest BCUT2D eigenvalue weighted by Crippen LogP contribution is 2.49. The van der Waals surface area contributed by atoms with Gasteiger partial charge in [0.2, 0.25) is 11.9 Å². The van der Waals surface area contributed by atoms with Crippen molar-refractivity contribution in [3.8, 4) is 17.0 Å². The average molecular weight is 660 g/mol. The fraction of sp³-hybridized carbons (Fsp3) is 0.382. The molecule has 0 bridgehead atoms. The van der Waals surface area contributed by atoms with Crippen molar-refractivity contribution < 1.29 is 23.1 Å². The van der Waals surface area contributed by atoms with Gasteiger partial charge in [0.15, 0.2) is 0 Å². The third-order valence-corrected chi connectivity index (χ3v) is 10.9. The van der Waals surface area contributed by atoms with Crippen molar-refractivity contribution in [2.45, 2.75) is 37.8 Å². The molecule has 4 aromatic rings. The van der Waals surface area contributed by atoms with E-state index in [0.717, 1.165) is 60.9 Å². The summed E-state index contributed by atoms with van der Waals surface area (Å²) in [5, 5.41) is 7.47. The van der Waals surface area contributed by atoms with Crippen molar-refractivity contribution in [2.24, 2.45) is 0 Å². The number of anilines is 4. The number of likely N-dealkylation sites (N-methyl/N-ethyl adjacent to an activating group) is 2. The van der Waals surface area contributed by atoms with Crippen LogP contribution in [0, 0.1) is 0 Å². The minimum atomic E-state index is -3.75. The molecule has 1 saturated heterocycles. The number of carbonyl (C=O) groups is 1. The van der Waals surface area contributed by atoms with E-state index in [1.807, 2.05) is 31.3 Å². The molecule has 2 aromatic carbocycles. The maximum absolute atomic E-state index is 13.8. The second-order valence-electron chi connectivity index (χ2n) is 12.0. The number of ether oxygens (including phenoxy) is 1. The third-order valence-electron chi connectivity index (χ3n) is 9.06. The molecule has 1 amide bonds. The Bertz CT molecular complexity index is 1850. The lowest BCUT2D eigenvalue weighted by atomic mass is 10.1. The summed E-state index contributed by atoms with van der Waals surface area (Å²) in [6, 6.07) is 12.6. The van der Waals surface area contributed by atoms with Crippen LogP contribution >= 0.6 is 7.60 Å². The number of hydrogen-bond donors (Lipinski definition) is 2. The number of aromatic nitrogens is 3. The lowest BCUT2D eigenvalue weighted by Crippen LogP contribution is -2.37. The Morgan fingerprint density at radius 1 is 1.15 bits per heavy atom. The van der Waals surface area contributed by atoms with Gasteiger partial charge in [-0.1, -0.05) is 24.8 Å². The van der Waals surface area contributed by atoms with Crippen LogP contribution in [0.4, 0.5) is 23.0 Å². The minimum absolute atomic E-state index is 0.235. The Hall–Kier alpha value is -4.22. The van der Waals surface area contributed by atoms with Gasteiger partial charge in [0.1, 0.15) is 11.1 Å². The number of hydrogen-bond acceptors (Lipinski definition) is 10. The first-order chi connectivity index (χ1) is 22.7. The second kappa shape index (κ2) is 13.5. The van der Waals surface area contributed by atoms with Gasteiger partial charge in [-0.2, -0.15) is 0 Å². The Morgan fingerprint density at radius 2 is 1.91 bits per heavy atom. The van der Waals surface area contributed by atoms with E-state index in [2.05, 4.69) is 55.9 Å². The Labute approximate surface area is 275 Å². The topological polar surface area (TPSA) is 123 Å². The van der Waals surface area contributed by atoms with Gasteiger partial charge >= 0.3 is 7.60 Å². The van der Waals surface area contributed by atoms with Crippen LogP contribution in [0.2, 0.25) is 0 Å². The molecule has 248 valence electrons. The number of likely N-dealkylation sites (tertiary alicyclic amines) is 1. The van der Waals surface area contributed by atoms with Gasteiger partial charge in [-0.3, -0.25) is 9.36 Å². The molecular weight excluding hydrogens is 617 g/mol. The quantitative estimate of drug-likeness (QED) is 0.132. The molecule has 0 radical (unpaired) electrons. The lowest BCUT2D eigenvalue weighted by Gasteiger charge is -2.29. The van der Waals surface area contributed by atoms with Gasteiger partial charge in [0, 0.05) is 74.8 Å². The van der Waals surface area contributed by atoms with Crippen molar-refractivity contribution in [1.82, 2.24) is 19.4 Å². The molecule has 2 aliphatic rings. The maximum Gasteiger partial charge on any atom is 0.364 e. The Balaban J connectivity index is 1.43. The van der Waals surface area contributed by atoms with Gasteiger partial charge in [0.25, 0.3) is 0 Å². The van der Waals surface area contributed by atoms with Crippen molar-refractivity contribution in [3.05, 3.63) is 61.4 Å². The number of benzene rings is 2. The fourth-order valence-electron chi connectivity index (χ4n) is 6.33. The zero-order valence-electron chi connectivity index (χ0n) is 27.5. The summed E-state index contributed by atoms with van der Waals surface area (Å²) in [4.78, 5) is 26.5. The predicted molar refractivity (Wildman–Crippen MR) is 187 cm³/mol. The van der Waals surface area contributed by atoms with Gasteiger partial charge < -0.3 is 38.8 Å².